The molecule has 0 amide bonds. The van der Waals surface area contributed by atoms with E-state index < -0.39 is 0 Å². The van der Waals surface area contributed by atoms with Crippen LogP contribution in [0.4, 0.5) is 0 Å². The fraction of sp³-hybridized carbons (Fsp3) is 1.00. The van der Waals surface area contributed by atoms with Crippen molar-refractivity contribution in [1.29, 1.82) is 0 Å². The first-order valence-electron chi connectivity index (χ1n) is 3.10. The first kappa shape index (κ1) is 6.81. The van der Waals surface area contributed by atoms with Crippen LogP contribution in [0, 0.1) is 0 Å². The molecule has 0 aromatic rings. The summed E-state index contributed by atoms with van der Waals surface area (Å²) in [6.45, 7) is 4.58. The smallest absolute Gasteiger partial charge is 0.0503 e. The lowest BCUT2D eigenvalue weighted by molar-refractivity contribution is 1.06. The van der Waals surface area contributed by atoms with Crippen molar-refractivity contribution >= 4 is 23.5 Å². The van der Waals surface area contributed by atoms with Gasteiger partial charge in [-0.05, 0) is 6.42 Å². The zero-order valence-electron chi connectivity index (χ0n) is 5.39. The number of hydrogen-bond donors (Lipinski definition) is 0. The molecular weight excluding hydrogens is 136 g/mol. The van der Waals surface area contributed by atoms with Crippen LogP contribution in [0.3, 0.4) is 0 Å². The van der Waals surface area contributed by atoms with Crippen molar-refractivity contribution in [3.05, 3.63) is 0 Å². The Hall–Kier alpha value is 0.700. The van der Waals surface area contributed by atoms with E-state index >= 15 is 0 Å². The summed E-state index contributed by atoms with van der Waals surface area (Å²) in [6, 6.07) is 0. The van der Waals surface area contributed by atoms with Crippen LogP contribution in [0.5, 0.6) is 0 Å². The quantitative estimate of drug-likeness (QED) is 0.560. The van der Waals surface area contributed by atoms with Gasteiger partial charge in [0, 0.05) is 11.0 Å². The summed E-state index contributed by atoms with van der Waals surface area (Å²) in [4.78, 5) is 0. The molecule has 1 saturated heterocycles. The Balaban J connectivity index is 2.22. The predicted octanol–water partition coefficient (Wildman–Crippen LogP) is 2.59. The van der Waals surface area contributed by atoms with Crippen LogP contribution in [0.15, 0.2) is 0 Å². The van der Waals surface area contributed by atoms with Gasteiger partial charge in [-0.1, -0.05) is 13.8 Å². The zero-order valence-corrected chi connectivity index (χ0v) is 7.02. The minimum atomic E-state index is 0.907. The first-order chi connectivity index (χ1) is 3.83. The summed E-state index contributed by atoms with van der Waals surface area (Å²) < 4.78 is 0.907. The number of thioether (sulfide) groups is 2. The minimum absolute atomic E-state index is 0.907. The van der Waals surface area contributed by atoms with Gasteiger partial charge in [0.15, 0.2) is 0 Å². The maximum Gasteiger partial charge on any atom is 0.0503 e. The molecule has 2 heteroatoms. The SMILES string of the molecule is CCC1SCC(C)S1. The van der Waals surface area contributed by atoms with Crippen LogP contribution in [0.2, 0.25) is 0 Å². The molecule has 1 aliphatic rings. The van der Waals surface area contributed by atoms with E-state index in [0.717, 1.165) is 9.83 Å². The van der Waals surface area contributed by atoms with Gasteiger partial charge in [-0.2, -0.15) is 0 Å². The molecule has 1 aliphatic heterocycles. The van der Waals surface area contributed by atoms with Crippen LogP contribution in [0.25, 0.3) is 0 Å². The molecule has 0 aromatic heterocycles. The Morgan fingerprint density at radius 1 is 1.62 bits per heavy atom. The number of rotatable bonds is 1. The zero-order chi connectivity index (χ0) is 5.98. The maximum absolute atomic E-state index is 2.31. The summed E-state index contributed by atoms with van der Waals surface area (Å²) in [5.74, 6) is 1.36. The van der Waals surface area contributed by atoms with E-state index in [0.29, 0.717) is 0 Å². The fourth-order valence-electron chi connectivity index (χ4n) is 0.795. The van der Waals surface area contributed by atoms with E-state index in [2.05, 4.69) is 37.4 Å². The highest BCUT2D eigenvalue weighted by atomic mass is 32.2. The summed E-state index contributed by atoms with van der Waals surface area (Å²) in [7, 11) is 0. The van der Waals surface area contributed by atoms with E-state index in [1.54, 1.807) is 0 Å². The first-order valence-corrected chi connectivity index (χ1v) is 5.09. The Morgan fingerprint density at radius 3 is 2.62 bits per heavy atom. The molecule has 8 heavy (non-hydrogen) atoms. The molecule has 2 atom stereocenters. The van der Waals surface area contributed by atoms with E-state index in [9.17, 15) is 0 Å². The second-order valence-corrected chi connectivity index (χ2v) is 5.30. The maximum atomic E-state index is 2.31. The monoisotopic (exact) mass is 148 g/mol. The van der Waals surface area contributed by atoms with Crippen molar-refractivity contribution in [2.75, 3.05) is 5.75 Å². The van der Waals surface area contributed by atoms with Crippen molar-refractivity contribution in [1.82, 2.24) is 0 Å². The standard InChI is InChI=1S/C6H12S2/c1-3-6-7-4-5(2)8-6/h5-6H,3-4H2,1-2H3. The molecule has 0 radical (unpaired) electrons. The molecule has 0 bridgehead atoms. The summed E-state index contributed by atoms with van der Waals surface area (Å²) >= 11 is 4.24. The summed E-state index contributed by atoms with van der Waals surface area (Å²) in [6.07, 6.45) is 1.33. The van der Waals surface area contributed by atoms with Crippen LogP contribution >= 0.6 is 23.5 Å². The van der Waals surface area contributed by atoms with Gasteiger partial charge in [0.2, 0.25) is 0 Å². The van der Waals surface area contributed by atoms with Crippen LogP contribution in [0.1, 0.15) is 20.3 Å². The van der Waals surface area contributed by atoms with E-state index in [1.165, 1.54) is 12.2 Å². The van der Waals surface area contributed by atoms with Crippen molar-refractivity contribution in [3.8, 4) is 0 Å². The lowest BCUT2D eigenvalue weighted by Crippen LogP contribution is -1.90. The van der Waals surface area contributed by atoms with Gasteiger partial charge in [-0.15, -0.1) is 23.5 Å². The largest absolute Gasteiger partial charge is 0.146 e. The van der Waals surface area contributed by atoms with Gasteiger partial charge in [0.05, 0.1) is 4.58 Å². The highest BCUT2D eigenvalue weighted by molar-refractivity contribution is 8.20. The van der Waals surface area contributed by atoms with E-state index in [4.69, 9.17) is 0 Å². The van der Waals surface area contributed by atoms with Crippen molar-refractivity contribution in [2.45, 2.75) is 30.1 Å². The Morgan fingerprint density at radius 2 is 2.38 bits per heavy atom. The second-order valence-electron chi connectivity index (χ2n) is 2.12. The molecule has 48 valence electrons. The van der Waals surface area contributed by atoms with Gasteiger partial charge in [0.25, 0.3) is 0 Å². The fourth-order valence-corrected chi connectivity index (χ4v) is 3.90. The van der Waals surface area contributed by atoms with Crippen LogP contribution in [-0.2, 0) is 0 Å². The molecule has 1 fully saturated rings. The Labute approximate surface area is 59.8 Å². The normalized spacial score (nSPS) is 38.2. The van der Waals surface area contributed by atoms with Gasteiger partial charge in [-0.25, -0.2) is 0 Å². The Kier molecular flexibility index (Phi) is 2.57. The Bertz CT molecular complexity index is 72.9. The van der Waals surface area contributed by atoms with Gasteiger partial charge in [0.1, 0.15) is 0 Å². The topological polar surface area (TPSA) is 0 Å². The lowest BCUT2D eigenvalue weighted by Gasteiger charge is -2.01. The minimum Gasteiger partial charge on any atom is -0.146 e. The molecule has 0 aliphatic carbocycles. The van der Waals surface area contributed by atoms with Gasteiger partial charge >= 0.3 is 0 Å². The molecule has 1 heterocycles. The molecule has 0 nitrogen and oxygen atoms in total. The number of hydrogen-bond acceptors (Lipinski definition) is 2. The van der Waals surface area contributed by atoms with Gasteiger partial charge < -0.3 is 0 Å². The highest BCUT2D eigenvalue weighted by Crippen LogP contribution is 2.38. The molecule has 0 aromatic carbocycles. The average molecular weight is 148 g/mol. The third-order valence-electron chi connectivity index (χ3n) is 1.23. The molecular formula is C6H12S2. The molecule has 0 N–H and O–H groups in total. The average Bonchev–Trinajstić information content (AvgIpc) is 2.14. The van der Waals surface area contributed by atoms with Crippen molar-refractivity contribution in [3.63, 3.8) is 0 Å². The predicted molar refractivity (Wildman–Crippen MR) is 43.6 cm³/mol. The molecule has 0 saturated carbocycles. The van der Waals surface area contributed by atoms with Crippen molar-refractivity contribution < 1.29 is 0 Å². The van der Waals surface area contributed by atoms with E-state index in [-0.39, 0.29) is 0 Å². The third-order valence-corrected chi connectivity index (χ3v) is 4.85. The van der Waals surface area contributed by atoms with Crippen molar-refractivity contribution in [2.24, 2.45) is 0 Å². The summed E-state index contributed by atoms with van der Waals surface area (Å²) in [5.41, 5.74) is 0. The molecule has 1 rings (SSSR count). The lowest BCUT2D eigenvalue weighted by atomic mass is 10.6. The second kappa shape index (κ2) is 3.02. The summed E-state index contributed by atoms with van der Waals surface area (Å²) in [5, 5.41) is 0.907. The van der Waals surface area contributed by atoms with Crippen LogP contribution < -0.4 is 0 Å². The van der Waals surface area contributed by atoms with E-state index in [1.807, 2.05) is 0 Å². The van der Waals surface area contributed by atoms with Gasteiger partial charge in [-0.3, -0.25) is 0 Å². The molecule has 0 spiro atoms. The highest BCUT2D eigenvalue weighted by Gasteiger charge is 2.19. The third kappa shape index (κ3) is 1.59. The molecule has 2 unspecified atom stereocenters. The van der Waals surface area contributed by atoms with Crippen LogP contribution in [-0.4, -0.2) is 15.6 Å².